The predicted molar refractivity (Wildman–Crippen MR) is 91.2 cm³/mol. The van der Waals surface area contributed by atoms with Crippen LogP contribution in [-0.2, 0) is 9.59 Å². The van der Waals surface area contributed by atoms with Crippen LogP contribution in [0, 0.1) is 5.82 Å². The van der Waals surface area contributed by atoms with Gasteiger partial charge in [-0.1, -0.05) is 30.3 Å². The first-order valence-corrected chi connectivity index (χ1v) is 8.07. The molecule has 0 fully saturated rings. The van der Waals surface area contributed by atoms with E-state index in [1.54, 1.807) is 30.3 Å². The number of Topliss-reactive ketones (excluding diaryl/α,β-unsaturated/α-hetero) is 2. The monoisotopic (exact) mass is 351 g/mol. The zero-order chi connectivity index (χ0) is 18.4. The van der Waals surface area contributed by atoms with E-state index in [2.05, 4.69) is 5.32 Å². The molecule has 0 radical (unpaired) electrons. The molecule has 1 amide bonds. The molecule has 0 bridgehead atoms. The number of hydrogen-bond acceptors (Lipinski definition) is 4. The molecule has 0 saturated carbocycles. The van der Waals surface area contributed by atoms with Crippen LogP contribution in [0.1, 0.15) is 33.8 Å². The fraction of sp³-hybridized carbons (Fsp3) is 0.150. The smallest absolute Gasteiger partial charge is 0.233 e. The normalized spacial score (nSPS) is 19.0. The van der Waals surface area contributed by atoms with Crippen LogP contribution in [0.25, 0.3) is 5.70 Å². The van der Waals surface area contributed by atoms with Gasteiger partial charge < -0.3 is 10.1 Å². The molecule has 2 aromatic carbocycles. The van der Waals surface area contributed by atoms with Gasteiger partial charge in [0.1, 0.15) is 0 Å². The van der Waals surface area contributed by atoms with Gasteiger partial charge in [0.2, 0.25) is 17.5 Å². The van der Waals surface area contributed by atoms with Gasteiger partial charge in [0, 0.05) is 29.0 Å². The van der Waals surface area contributed by atoms with E-state index in [1.807, 2.05) is 0 Å². The molecule has 1 atom stereocenters. The van der Waals surface area contributed by atoms with Crippen LogP contribution in [0.4, 0.5) is 4.39 Å². The number of allylic oxidation sites excluding steroid dienone is 1. The third-order valence-corrected chi connectivity index (χ3v) is 4.74. The summed E-state index contributed by atoms with van der Waals surface area (Å²) < 4.78 is 19.1. The van der Waals surface area contributed by atoms with Crippen molar-refractivity contribution in [3.8, 4) is 5.75 Å². The maximum Gasteiger partial charge on any atom is 0.233 e. The number of rotatable bonds is 2. The van der Waals surface area contributed by atoms with Gasteiger partial charge in [0.05, 0.1) is 12.8 Å². The molecule has 130 valence electrons. The maximum atomic E-state index is 14.1. The van der Waals surface area contributed by atoms with Gasteiger partial charge in [0.15, 0.2) is 11.6 Å². The Bertz CT molecular complexity index is 1010. The van der Waals surface area contributed by atoms with Crippen molar-refractivity contribution in [2.75, 3.05) is 7.11 Å². The minimum absolute atomic E-state index is 0.0359. The molecule has 1 N–H and O–H groups in total. The zero-order valence-electron chi connectivity index (χ0n) is 13.8. The van der Waals surface area contributed by atoms with Crippen LogP contribution < -0.4 is 10.1 Å². The Kier molecular flexibility index (Phi) is 3.68. The summed E-state index contributed by atoms with van der Waals surface area (Å²) in [5.74, 6) is -2.78. The summed E-state index contributed by atoms with van der Waals surface area (Å²) in [5, 5.41) is 2.71. The van der Waals surface area contributed by atoms with E-state index >= 15 is 0 Å². The van der Waals surface area contributed by atoms with E-state index in [9.17, 15) is 18.8 Å². The molecule has 4 rings (SSSR count). The molecule has 1 heterocycles. The van der Waals surface area contributed by atoms with Gasteiger partial charge in [-0.2, -0.15) is 0 Å². The third kappa shape index (κ3) is 2.34. The highest BCUT2D eigenvalue weighted by Crippen LogP contribution is 2.41. The number of halogens is 1. The average molecular weight is 351 g/mol. The van der Waals surface area contributed by atoms with Crippen LogP contribution in [0.15, 0.2) is 48.0 Å². The fourth-order valence-electron chi connectivity index (χ4n) is 3.53. The highest BCUT2D eigenvalue weighted by Gasteiger charge is 2.41. The molecule has 2 aromatic rings. The topological polar surface area (TPSA) is 72.5 Å². The number of carbonyl (C=O) groups is 3. The van der Waals surface area contributed by atoms with Crippen molar-refractivity contribution in [1.29, 1.82) is 0 Å². The molecule has 1 unspecified atom stereocenters. The molecule has 1 aliphatic carbocycles. The second kappa shape index (κ2) is 5.91. The fourth-order valence-corrected chi connectivity index (χ4v) is 3.53. The lowest BCUT2D eigenvalue weighted by Gasteiger charge is -2.31. The Morgan fingerprint density at radius 2 is 1.77 bits per heavy atom. The number of fused-ring (bicyclic) bond motifs is 2. The predicted octanol–water partition coefficient (Wildman–Crippen LogP) is 2.61. The summed E-state index contributed by atoms with van der Waals surface area (Å²) >= 11 is 0. The lowest BCUT2D eigenvalue weighted by atomic mass is 9.75. The second-order valence-corrected chi connectivity index (χ2v) is 6.19. The Labute approximate surface area is 148 Å². The van der Waals surface area contributed by atoms with Crippen molar-refractivity contribution >= 4 is 23.2 Å². The number of nitrogens with one attached hydrogen (secondary N) is 1. The van der Waals surface area contributed by atoms with Gasteiger partial charge in [-0.05, 0) is 17.7 Å². The first-order valence-electron chi connectivity index (χ1n) is 8.07. The molecule has 0 saturated heterocycles. The van der Waals surface area contributed by atoms with E-state index in [0.29, 0.717) is 16.8 Å². The number of hydrogen-bond donors (Lipinski definition) is 1. The number of methoxy groups -OCH3 is 1. The van der Waals surface area contributed by atoms with Crippen LogP contribution in [0.3, 0.4) is 0 Å². The summed E-state index contributed by atoms with van der Waals surface area (Å²) in [6.07, 6.45) is -0.0359. The summed E-state index contributed by atoms with van der Waals surface area (Å²) in [6, 6.07) is 10.9. The van der Waals surface area contributed by atoms with E-state index < -0.39 is 23.3 Å². The Morgan fingerprint density at radius 1 is 1.04 bits per heavy atom. The lowest BCUT2D eigenvalue weighted by molar-refractivity contribution is -0.120. The quantitative estimate of drug-likeness (QED) is 0.844. The molecule has 2 aliphatic rings. The largest absolute Gasteiger partial charge is 0.494 e. The third-order valence-electron chi connectivity index (χ3n) is 4.74. The standard InChI is InChI=1S/C20H14FNO4/c1-26-15-7-6-10(8-14(15)21)13-9-16(23)22-18-11-4-2-3-5-12(11)19(24)20(25)17(13)18/h2-8,13H,9H2,1H3,(H,22,23). The minimum atomic E-state index is -0.691. The Hall–Kier alpha value is -3.28. The molecule has 0 aromatic heterocycles. The van der Waals surface area contributed by atoms with Crippen molar-refractivity contribution in [2.24, 2.45) is 0 Å². The number of ketones is 2. The summed E-state index contributed by atoms with van der Waals surface area (Å²) in [5.41, 5.74) is 1.77. The van der Waals surface area contributed by atoms with Crippen LogP contribution in [0.2, 0.25) is 0 Å². The Morgan fingerprint density at radius 3 is 2.46 bits per heavy atom. The highest BCUT2D eigenvalue weighted by atomic mass is 19.1. The summed E-state index contributed by atoms with van der Waals surface area (Å²) in [7, 11) is 1.35. The first-order chi connectivity index (χ1) is 12.5. The van der Waals surface area contributed by atoms with E-state index in [1.165, 1.54) is 19.2 Å². The van der Waals surface area contributed by atoms with E-state index in [4.69, 9.17) is 4.74 Å². The van der Waals surface area contributed by atoms with Crippen molar-refractivity contribution in [3.05, 3.63) is 70.5 Å². The number of benzene rings is 2. The van der Waals surface area contributed by atoms with Gasteiger partial charge in [-0.3, -0.25) is 14.4 Å². The van der Waals surface area contributed by atoms with Gasteiger partial charge in [-0.15, -0.1) is 0 Å². The zero-order valence-corrected chi connectivity index (χ0v) is 13.8. The maximum absolute atomic E-state index is 14.1. The molecule has 1 aliphatic heterocycles. The van der Waals surface area contributed by atoms with Crippen LogP contribution in [0.5, 0.6) is 5.75 Å². The van der Waals surface area contributed by atoms with E-state index in [-0.39, 0.29) is 29.2 Å². The second-order valence-electron chi connectivity index (χ2n) is 6.19. The van der Waals surface area contributed by atoms with Crippen LogP contribution >= 0.6 is 0 Å². The summed E-state index contributed by atoms with van der Waals surface area (Å²) in [4.78, 5) is 37.5. The number of carbonyl (C=O) groups excluding carboxylic acids is 3. The van der Waals surface area contributed by atoms with Gasteiger partial charge in [0.25, 0.3) is 0 Å². The van der Waals surface area contributed by atoms with Crippen molar-refractivity contribution < 1.29 is 23.5 Å². The van der Waals surface area contributed by atoms with Crippen molar-refractivity contribution in [3.63, 3.8) is 0 Å². The SMILES string of the molecule is COc1ccc(C2CC(=O)NC3=C2C(=O)C(=O)c2ccccc23)cc1F. The number of amides is 1. The molecular formula is C20H14FNO4. The number of ether oxygens (including phenoxy) is 1. The van der Waals surface area contributed by atoms with Crippen molar-refractivity contribution in [1.82, 2.24) is 5.32 Å². The van der Waals surface area contributed by atoms with Crippen molar-refractivity contribution in [2.45, 2.75) is 12.3 Å². The minimum Gasteiger partial charge on any atom is -0.494 e. The molecular weight excluding hydrogens is 337 g/mol. The highest BCUT2D eigenvalue weighted by molar-refractivity contribution is 6.53. The molecule has 6 heteroatoms. The lowest BCUT2D eigenvalue weighted by Crippen LogP contribution is -2.39. The Balaban J connectivity index is 1.92. The average Bonchev–Trinajstić information content (AvgIpc) is 2.65. The first kappa shape index (κ1) is 16.2. The van der Waals surface area contributed by atoms with Gasteiger partial charge >= 0.3 is 0 Å². The van der Waals surface area contributed by atoms with Crippen LogP contribution in [-0.4, -0.2) is 24.6 Å². The molecule has 26 heavy (non-hydrogen) atoms. The molecule has 0 spiro atoms. The summed E-state index contributed by atoms with van der Waals surface area (Å²) in [6.45, 7) is 0. The molecule has 5 nitrogen and oxygen atoms in total. The van der Waals surface area contributed by atoms with E-state index in [0.717, 1.165) is 0 Å². The van der Waals surface area contributed by atoms with Gasteiger partial charge in [-0.25, -0.2) is 4.39 Å².